The summed E-state index contributed by atoms with van der Waals surface area (Å²) in [4.78, 5) is 10.9. The van der Waals surface area contributed by atoms with E-state index in [4.69, 9.17) is 0 Å². The van der Waals surface area contributed by atoms with Gasteiger partial charge in [-0.2, -0.15) is 22.0 Å². The maximum Gasteiger partial charge on any atom is 0.463 e. The molecule has 0 aliphatic carbocycles. The number of halogens is 5. The standard InChI is InChI=1S/C12H12F5NO/c1-7(2)8-3-5-9(6-4-8)18-10(19)11(13,14)12(15,16)17/h3-7H,1-2H3,(H,18,19). The summed E-state index contributed by atoms with van der Waals surface area (Å²) in [6.07, 6.45) is -5.91. The van der Waals surface area contributed by atoms with Gasteiger partial charge in [0.2, 0.25) is 0 Å². The van der Waals surface area contributed by atoms with Gasteiger partial charge in [0, 0.05) is 5.69 Å². The molecule has 0 unspecified atom stereocenters. The molecule has 0 radical (unpaired) electrons. The lowest BCUT2D eigenvalue weighted by molar-refractivity contribution is -0.267. The number of hydrogen-bond acceptors (Lipinski definition) is 1. The lowest BCUT2D eigenvalue weighted by atomic mass is 10.0. The van der Waals surface area contributed by atoms with E-state index in [1.807, 2.05) is 13.8 Å². The van der Waals surface area contributed by atoms with Crippen LogP contribution in [0.5, 0.6) is 0 Å². The predicted molar refractivity (Wildman–Crippen MR) is 60.2 cm³/mol. The Kier molecular flexibility index (Phi) is 4.17. The zero-order chi connectivity index (χ0) is 14.8. The molecular formula is C12H12F5NO. The van der Waals surface area contributed by atoms with E-state index in [0.29, 0.717) is 0 Å². The molecular weight excluding hydrogens is 269 g/mol. The third-order valence-electron chi connectivity index (χ3n) is 2.48. The molecule has 0 heterocycles. The van der Waals surface area contributed by atoms with Crippen molar-refractivity contribution in [2.75, 3.05) is 5.32 Å². The van der Waals surface area contributed by atoms with Gasteiger partial charge in [-0.3, -0.25) is 4.79 Å². The van der Waals surface area contributed by atoms with Gasteiger partial charge in [-0.05, 0) is 23.6 Å². The minimum absolute atomic E-state index is 0.113. The average Bonchev–Trinajstić information content (AvgIpc) is 2.28. The zero-order valence-corrected chi connectivity index (χ0v) is 10.2. The highest BCUT2D eigenvalue weighted by molar-refractivity contribution is 5.96. The maximum atomic E-state index is 12.7. The summed E-state index contributed by atoms with van der Waals surface area (Å²) in [6.45, 7) is 3.79. The molecule has 0 aliphatic rings. The molecule has 106 valence electrons. The molecule has 0 saturated heterocycles. The van der Waals surface area contributed by atoms with Crippen LogP contribution in [0.1, 0.15) is 25.3 Å². The van der Waals surface area contributed by atoms with Crippen LogP contribution in [0, 0.1) is 0 Å². The fourth-order valence-corrected chi connectivity index (χ4v) is 1.29. The summed E-state index contributed by atoms with van der Waals surface area (Å²) >= 11 is 0. The summed E-state index contributed by atoms with van der Waals surface area (Å²) in [5.41, 5.74) is 0.763. The second-order valence-corrected chi connectivity index (χ2v) is 4.30. The number of anilines is 1. The summed E-state index contributed by atoms with van der Waals surface area (Å²) in [6, 6.07) is 5.65. The van der Waals surface area contributed by atoms with Crippen LogP contribution in [0.4, 0.5) is 27.6 Å². The monoisotopic (exact) mass is 281 g/mol. The van der Waals surface area contributed by atoms with Gasteiger partial charge in [0.15, 0.2) is 0 Å². The Hall–Kier alpha value is -1.66. The normalized spacial score (nSPS) is 12.6. The van der Waals surface area contributed by atoms with Crippen molar-refractivity contribution in [3.8, 4) is 0 Å². The molecule has 0 fully saturated rings. The molecule has 0 atom stereocenters. The van der Waals surface area contributed by atoms with Crippen LogP contribution in [-0.2, 0) is 4.79 Å². The van der Waals surface area contributed by atoms with Crippen LogP contribution in [0.2, 0.25) is 0 Å². The van der Waals surface area contributed by atoms with Gasteiger partial charge < -0.3 is 5.32 Å². The third kappa shape index (κ3) is 3.42. The molecule has 1 rings (SSSR count). The van der Waals surface area contributed by atoms with E-state index >= 15 is 0 Å². The van der Waals surface area contributed by atoms with Crippen molar-refractivity contribution in [1.82, 2.24) is 0 Å². The van der Waals surface area contributed by atoms with Crippen molar-refractivity contribution in [2.45, 2.75) is 31.9 Å². The van der Waals surface area contributed by atoms with Crippen LogP contribution < -0.4 is 5.32 Å². The Bertz CT molecular complexity index is 450. The lowest BCUT2D eigenvalue weighted by Crippen LogP contribution is -2.47. The zero-order valence-electron chi connectivity index (χ0n) is 10.2. The van der Waals surface area contributed by atoms with Crippen LogP contribution in [0.3, 0.4) is 0 Å². The highest BCUT2D eigenvalue weighted by atomic mass is 19.4. The van der Waals surface area contributed by atoms with Crippen LogP contribution in [0.25, 0.3) is 0 Å². The van der Waals surface area contributed by atoms with Gasteiger partial charge in [0.05, 0.1) is 0 Å². The predicted octanol–water partition coefficient (Wildman–Crippen LogP) is 3.95. The first-order chi connectivity index (χ1) is 8.55. The quantitative estimate of drug-likeness (QED) is 0.835. The lowest BCUT2D eigenvalue weighted by Gasteiger charge is -2.18. The maximum absolute atomic E-state index is 12.7. The van der Waals surface area contributed by atoms with E-state index in [2.05, 4.69) is 0 Å². The van der Waals surface area contributed by atoms with Crippen LogP contribution >= 0.6 is 0 Å². The van der Waals surface area contributed by atoms with E-state index in [-0.39, 0.29) is 11.6 Å². The first kappa shape index (κ1) is 15.4. The van der Waals surface area contributed by atoms with Gasteiger partial charge >= 0.3 is 18.0 Å². The summed E-state index contributed by atoms with van der Waals surface area (Å²) in [5, 5.41) is 1.55. The van der Waals surface area contributed by atoms with Crippen molar-refractivity contribution in [3.63, 3.8) is 0 Å². The molecule has 0 saturated carbocycles. The van der Waals surface area contributed by atoms with Crippen molar-refractivity contribution < 1.29 is 26.7 Å². The first-order valence-corrected chi connectivity index (χ1v) is 5.41. The number of nitrogens with one attached hydrogen (secondary N) is 1. The number of hydrogen-bond donors (Lipinski definition) is 1. The van der Waals surface area contributed by atoms with E-state index < -0.39 is 18.0 Å². The average molecular weight is 281 g/mol. The summed E-state index contributed by atoms with van der Waals surface area (Å²) in [5.74, 6) is -7.62. The van der Waals surface area contributed by atoms with Crippen molar-refractivity contribution in [1.29, 1.82) is 0 Å². The Balaban J connectivity index is 2.83. The smallest absolute Gasteiger partial charge is 0.321 e. The number of carbonyl (C=O) groups is 1. The van der Waals surface area contributed by atoms with E-state index in [1.165, 1.54) is 12.1 Å². The SMILES string of the molecule is CC(C)c1ccc(NC(=O)C(F)(F)C(F)(F)F)cc1. The number of benzene rings is 1. The molecule has 0 spiro atoms. The summed E-state index contributed by atoms with van der Waals surface area (Å²) < 4.78 is 61.2. The van der Waals surface area contributed by atoms with Crippen molar-refractivity contribution in [3.05, 3.63) is 29.8 Å². The van der Waals surface area contributed by atoms with Crippen LogP contribution in [-0.4, -0.2) is 18.0 Å². The van der Waals surface area contributed by atoms with Crippen molar-refractivity contribution >= 4 is 11.6 Å². The second kappa shape index (κ2) is 5.14. The van der Waals surface area contributed by atoms with Gasteiger partial charge in [-0.15, -0.1) is 0 Å². The molecule has 1 aromatic carbocycles. The topological polar surface area (TPSA) is 29.1 Å². The molecule has 1 amide bonds. The van der Waals surface area contributed by atoms with Gasteiger partial charge in [-0.25, -0.2) is 0 Å². The Morgan fingerprint density at radius 3 is 1.89 bits per heavy atom. The minimum atomic E-state index is -5.91. The Labute approximate surface area is 106 Å². The molecule has 0 aromatic heterocycles. The van der Waals surface area contributed by atoms with E-state index in [9.17, 15) is 26.7 Å². The number of carbonyl (C=O) groups excluding carboxylic acids is 1. The minimum Gasteiger partial charge on any atom is -0.321 e. The molecule has 1 N–H and O–H groups in total. The first-order valence-electron chi connectivity index (χ1n) is 5.41. The highest BCUT2D eigenvalue weighted by Crippen LogP contribution is 2.36. The van der Waals surface area contributed by atoms with Crippen LogP contribution in [0.15, 0.2) is 24.3 Å². The fraction of sp³-hybridized carbons (Fsp3) is 0.417. The van der Waals surface area contributed by atoms with Gasteiger partial charge in [0.1, 0.15) is 0 Å². The van der Waals surface area contributed by atoms with E-state index in [1.54, 1.807) is 17.4 Å². The van der Waals surface area contributed by atoms with Gasteiger partial charge in [0.25, 0.3) is 0 Å². The molecule has 0 bridgehead atoms. The van der Waals surface area contributed by atoms with Crippen molar-refractivity contribution in [2.24, 2.45) is 0 Å². The third-order valence-corrected chi connectivity index (χ3v) is 2.48. The molecule has 19 heavy (non-hydrogen) atoms. The molecule has 7 heteroatoms. The molecule has 0 aliphatic heterocycles. The second-order valence-electron chi connectivity index (χ2n) is 4.30. The number of amides is 1. The van der Waals surface area contributed by atoms with Gasteiger partial charge in [-0.1, -0.05) is 26.0 Å². The highest BCUT2D eigenvalue weighted by Gasteiger charge is 2.63. The summed E-state index contributed by atoms with van der Waals surface area (Å²) in [7, 11) is 0. The largest absolute Gasteiger partial charge is 0.463 e. The number of rotatable bonds is 3. The molecule has 1 aromatic rings. The Morgan fingerprint density at radius 1 is 1.05 bits per heavy atom. The fourth-order valence-electron chi connectivity index (χ4n) is 1.29. The number of alkyl halides is 5. The Morgan fingerprint density at radius 2 is 1.53 bits per heavy atom. The molecule has 2 nitrogen and oxygen atoms in total. The van der Waals surface area contributed by atoms with E-state index in [0.717, 1.165) is 5.56 Å².